The lowest BCUT2D eigenvalue weighted by molar-refractivity contribution is 0.0688. The van der Waals surface area contributed by atoms with Crippen molar-refractivity contribution in [2.24, 2.45) is 0 Å². The summed E-state index contributed by atoms with van der Waals surface area (Å²) in [6.45, 7) is 1.40. The van der Waals surface area contributed by atoms with Gasteiger partial charge in [-0.25, -0.2) is 18.6 Å². The van der Waals surface area contributed by atoms with Crippen molar-refractivity contribution in [1.82, 2.24) is 4.98 Å². The third kappa shape index (κ3) is 2.20. The van der Waals surface area contributed by atoms with Crippen LogP contribution in [0.3, 0.4) is 0 Å². The molecular formula is C9H9F2NO3. The van der Waals surface area contributed by atoms with E-state index in [2.05, 4.69) is 4.98 Å². The highest BCUT2D eigenvalue weighted by Crippen LogP contribution is 2.28. The number of aromatic nitrogens is 1. The van der Waals surface area contributed by atoms with E-state index in [1.807, 2.05) is 0 Å². The monoisotopic (exact) mass is 217 g/mol. The molecule has 0 aliphatic heterocycles. The van der Waals surface area contributed by atoms with Crippen LogP contribution in [-0.2, 0) is 0 Å². The molecule has 1 heterocycles. The van der Waals surface area contributed by atoms with Gasteiger partial charge in [0.1, 0.15) is 11.4 Å². The summed E-state index contributed by atoms with van der Waals surface area (Å²) in [7, 11) is 1.28. The number of rotatable bonds is 3. The highest BCUT2D eigenvalue weighted by molar-refractivity contribution is 5.86. The minimum atomic E-state index is -2.82. The van der Waals surface area contributed by atoms with Crippen LogP contribution in [0.4, 0.5) is 8.78 Å². The first-order valence-electron chi connectivity index (χ1n) is 4.04. The van der Waals surface area contributed by atoms with Crippen LogP contribution in [0.25, 0.3) is 0 Å². The van der Waals surface area contributed by atoms with Crippen LogP contribution >= 0.6 is 0 Å². The van der Waals surface area contributed by atoms with E-state index in [-0.39, 0.29) is 11.3 Å². The number of hydrogen-bond acceptors (Lipinski definition) is 3. The number of aromatic carboxylic acids is 1. The van der Waals surface area contributed by atoms with Crippen LogP contribution in [0.15, 0.2) is 6.07 Å². The van der Waals surface area contributed by atoms with E-state index < -0.39 is 23.8 Å². The zero-order valence-electron chi connectivity index (χ0n) is 8.12. The molecule has 1 aromatic rings. The SMILES string of the molecule is COc1cc(C(=O)O)nc(C(F)F)c1C. The fraction of sp³-hybridized carbons (Fsp3) is 0.333. The average Bonchev–Trinajstić information content (AvgIpc) is 2.17. The summed E-state index contributed by atoms with van der Waals surface area (Å²) in [6, 6.07) is 1.11. The Bertz CT molecular complexity index is 393. The minimum Gasteiger partial charge on any atom is -0.496 e. The highest BCUT2D eigenvalue weighted by Gasteiger charge is 2.19. The van der Waals surface area contributed by atoms with Crippen molar-refractivity contribution in [3.8, 4) is 5.75 Å². The maximum Gasteiger partial charge on any atom is 0.354 e. The molecule has 1 aromatic heterocycles. The quantitative estimate of drug-likeness (QED) is 0.841. The number of carboxylic acids is 1. The number of carbonyl (C=O) groups is 1. The molecule has 0 radical (unpaired) electrons. The molecule has 0 unspecified atom stereocenters. The average molecular weight is 217 g/mol. The van der Waals surface area contributed by atoms with Crippen molar-refractivity contribution in [2.45, 2.75) is 13.3 Å². The van der Waals surface area contributed by atoms with Gasteiger partial charge in [-0.3, -0.25) is 0 Å². The van der Waals surface area contributed by atoms with E-state index in [1.165, 1.54) is 14.0 Å². The molecule has 4 nitrogen and oxygen atoms in total. The summed E-state index contributed by atoms with van der Waals surface area (Å²) < 4.78 is 29.7. The number of alkyl halides is 2. The van der Waals surface area contributed by atoms with Crippen LogP contribution in [-0.4, -0.2) is 23.2 Å². The number of ether oxygens (including phenoxy) is 1. The molecule has 82 valence electrons. The van der Waals surface area contributed by atoms with Gasteiger partial charge in [0.15, 0.2) is 5.69 Å². The Morgan fingerprint density at radius 3 is 2.60 bits per heavy atom. The van der Waals surface area contributed by atoms with E-state index in [9.17, 15) is 13.6 Å². The maximum absolute atomic E-state index is 12.5. The maximum atomic E-state index is 12.5. The van der Waals surface area contributed by atoms with Crippen LogP contribution in [0.2, 0.25) is 0 Å². The molecule has 0 saturated carbocycles. The normalized spacial score (nSPS) is 10.5. The molecule has 0 aromatic carbocycles. The molecule has 0 amide bonds. The van der Waals surface area contributed by atoms with Crippen LogP contribution in [0.5, 0.6) is 5.75 Å². The van der Waals surface area contributed by atoms with Gasteiger partial charge >= 0.3 is 5.97 Å². The number of halogens is 2. The standard InChI is InChI=1S/C9H9F2NO3/c1-4-6(15-2)3-5(9(13)14)12-7(4)8(10)11/h3,8H,1-2H3,(H,13,14). The number of pyridine rings is 1. The predicted octanol–water partition coefficient (Wildman–Crippen LogP) is 2.03. The van der Waals surface area contributed by atoms with Crippen molar-refractivity contribution in [1.29, 1.82) is 0 Å². The molecule has 6 heteroatoms. The highest BCUT2D eigenvalue weighted by atomic mass is 19.3. The number of hydrogen-bond donors (Lipinski definition) is 1. The van der Waals surface area contributed by atoms with Gasteiger partial charge in [0.2, 0.25) is 0 Å². The van der Waals surface area contributed by atoms with Crippen LogP contribution in [0, 0.1) is 6.92 Å². The van der Waals surface area contributed by atoms with Crippen LogP contribution in [0.1, 0.15) is 28.2 Å². The molecule has 0 aliphatic carbocycles. The van der Waals surface area contributed by atoms with Gasteiger partial charge in [-0.1, -0.05) is 0 Å². The lowest BCUT2D eigenvalue weighted by Crippen LogP contribution is -2.07. The second-order valence-corrected chi connectivity index (χ2v) is 2.83. The van der Waals surface area contributed by atoms with Gasteiger partial charge < -0.3 is 9.84 Å². The van der Waals surface area contributed by atoms with Gasteiger partial charge in [-0.05, 0) is 6.92 Å². The molecule has 0 aliphatic rings. The molecule has 0 spiro atoms. The Labute approximate surface area is 84.5 Å². The first-order valence-corrected chi connectivity index (χ1v) is 4.04. The van der Waals surface area contributed by atoms with Crippen molar-refractivity contribution in [3.05, 3.63) is 23.0 Å². The Hall–Kier alpha value is -1.72. The molecule has 0 fully saturated rings. The summed E-state index contributed by atoms with van der Waals surface area (Å²) in [5.41, 5.74) is -0.864. The molecule has 15 heavy (non-hydrogen) atoms. The van der Waals surface area contributed by atoms with Crippen molar-refractivity contribution >= 4 is 5.97 Å². The zero-order valence-corrected chi connectivity index (χ0v) is 8.12. The molecular weight excluding hydrogens is 208 g/mol. The molecule has 0 atom stereocenters. The Morgan fingerprint density at radius 1 is 1.60 bits per heavy atom. The van der Waals surface area contributed by atoms with Gasteiger partial charge in [-0.15, -0.1) is 0 Å². The van der Waals surface area contributed by atoms with E-state index >= 15 is 0 Å². The summed E-state index contributed by atoms with van der Waals surface area (Å²) in [4.78, 5) is 13.9. The summed E-state index contributed by atoms with van der Waals surface area (Å²) in [5.74, 6) is -1.27. The fourth-order valence-corrected chi connectivity index (χ4v) is 1.14. The van der Waals surface area contributed by atoms with Crippen molar-refractivity contribution in [2.75, 3.05) is 7.11 Å². The van der Waals surface area contributed by atoms with E-state index in [1.54, 1.807) is 0 Å². The molecule has 0 bridgehead atoms. The van der Waals surface area contributed by atoms with Crippen LogP contribution < -0.4 is 4.74 Å². The first-order chi connectivity index (χ1) is 6.97. The zero-order chi connectivity index (χ0) is 11.6. The number of methoxy groups -OCH3 is 1. The second-order valence-electron chi connectivity index (χ2n) is 2.83. The predicted molar refractivity (Wildman–Crippen MR) is 47.4 cm³/mol. The second kappa shape index (κ2) is 4.20. The smallest absolute Gasteiger partial charge is 0.354 e. The largest absolute Gasteiger partial charge is 0.496 e. The Kier molecular flexibility index (Phi) is 3.18. The third-order valence-electron chi connectivity index (χ3n) is 1.91. The molecule has 0 saturated heterocycles. The third-order valence-corrected chi connectivity index (χ3v) is 1.91. The minimum absolute atomic E-state index is 0.0951. The van der Waals surface area contributed by atoms with Crippen molar-refractivity contribution < 1.29 is 23.4 Å². The summed E-state index contributed by atoms with van der Waals surface area (Å²) in [5, 5.41) is 8.64. The molecule has 1 rings (SSSR count). The van der Waals surface area contributed by atoms with Crippen molar-refractivity contribution in [3.63, 3.8) is 0 Å². The van der Waals surface area contributed by atoms with Gasteiger partial charge in [0.05, 0.1) is 7.11 Å². The fourth-order valence-electron chi connectivity index (χ4n) is 1.14. The summed E-state index contributed by atoms with van der Waals surface area (Å²) >= 11 is 0. The first kappa shape index (κ1) is 11.4. The summed E-state index contributed by atoms with van der Waals surface area (Å²) in [6.07, 6.45) is -2.82. The van der Waals surface area contributed by atoms with Gasteiger partial charge in [0.25, 0.3) is 6.43 Å². The topological polar surface area (TPSA) is 59.4 Å². The molecule has 1 N–H and O–H groups in total. The van der Waals surface area contributed by atoms with Gasteiger partial charge in [0, 0.05) is 11.6 Å². The number of nitrogens with zero attached hydrogens (tertiary/aromatic N) is 1. The Balaban J connectivity index is 3.38. The van der Waals surface area contributed by atoms with E-state index in [0.717, 1.165) is 6.07 Å². The number of carboxylic acid groups (broad SMARTS) is 1. The lowest BCUT2D eigenvalue weighted by atomic mass is 10.1. The van der Waals surface area contributed by atoms with Gasteiger partial charge in [-0.2, -0.15) is 0 Å². The Morgan fingerprint density at radius 2 is 2.20 bits per heavy atom. The lowest BCUT2D eigenvalue weighted by Gasteiger charge is -2.10. The van der Waals surface area contributed by atoms with E-state index in [0.29, 0.717) is 0 Å². The van der Waals surface area contributed by atoms with E-state index in [4.69, 9.17) is 9.84 Å².